The molecule has 0 aliphatic carbocycles. The van der Waals surface area contributed by atoms with Crippen molar-refractivity contribution in [3.05, 3.63) is 35.9 Å². The van der Waals surface area contributed by atoms with Crippen LogP contribution >= 0.6 is 0 Å². The van der Waals surface area contributed by atoms with Crippen LogP contribution in [-0.2, 0) is 11.3 Å². The quantitative estimate of drug-likeness (QED) is 0.807. The molecule has 2 N–H and O–H groups in total. The number of benzene rings is 1. The van der Waals surface area contributed by atoms with Crippen LogP contribution in [0.25, 0.3) is 0 Å². The molecule has 3 aliphatic rings. The van der Waals surface area contributed by atoms with Crippen LogP contribution in [0.1, 0.15) is 31.2 Å². The number of amides is 3. The minimum atomic E-state index is -0.657. The van der Waals surface area contributed by atoms with E-state index in [0.717, 1.165) is 32.2 Å². The van der Waals surface area contributed by atoms with E-state index >= 15 is 0 Å². The zero-order chi connectivity index (χ0) is 14.4. The summed E-state index contributed by atoms with van der Waals surface area (Å²) in [6.07, 6.45) is 3.69. The summed E-state index contributed by atoms with van der Waals surface area (Å²) >= 11 is 0. The molecule has 1 aromatic rings. The van der Waals surface area contributed by atoms with Gasteiger partial charge in [-0.3, -0.25) is 15.0 Å². The Hall–Kier alpha value is -1.88. The molecule has 1 spiro atoms. The summed E-state index contributed by atoms with van der Waals surface area (Å²) in [4.78, 5) is 26.1. The molecule has 5 heteroatoms. The van der Waals surface area contributed by atoms with E-state index in [1.54, 1.807) is 0 Å². The molecular weight excluding hydrogens is 266 g/mol. The van der Waals surface area contributed by atoms with Gasteiger partial charge in [-0.2, -0.15) is 0 Å². The highest BCUT2D eigenvalue weighted by molar-refractivity contribution is 6.07. The number of carbonyl (C=O) groups excluding carboxylic acids is 2. The van der Waals surface area contributed by atoms with Crippen LogP contribution in [0.15, 0.2) is 30.3 Å². The lowest BCUT2D eigenvalue weighted by atomic mass is 9.82. The second kappa shape index (κ2) is 4.56. The number of piperidine rings is 1. The van der Waals surface area contributed by atoms with Crippen molar-refractivity contribution in [3.8, 4) is 0 Å². The van der Waals surface area contributed by atoms with Gasteiger partial charge in [0.1, 0.15) is 5.54 Å². The molecule has 0 aromatic heterocycles. The monoisotopic (exact) mass is 285 g/mol. The Labute approximate surface area is 123 Å². The zero-order valence-corrected chi connectivity index (χ0v) is 11.8. The number of hydrogen-bond acceptors (Lipinski definition) is 3. The van der Waals surface area contributed by atoms with Gasteiger partial charge in [-0.25, -0.2) is 4.79 Å². The fourth-order valence-electron chi connectivity index (χ4n) is 4.21. The van der Waals surface area contributed by atoms with Crippen molar-refractivity contribution in [2.75, 3.05) is 0 Å². The van der Waals surface area contributed by atoms with Gasteiger partial charge in [0.2, 0.25) is 0 Å². The summed E-state index contributed by atoms with van der Waals surface area (Å²) in [7, 11) is 0. The number of fused-ring (bicyclic) bond motifs is 2. The van der Waals surface area contributed by atoms with Crippen molar-refractivity contribution in [1.29, 1.82) is 0 Å². The summed E-state index contributed by atoms with van der Waals surface area (Å²) in [5, 5.41) is 5.28. The maximum Gasteiger partial charge on any atom is 0.322 e. The number of urea groups is 1. The Morgan fingerprint density at radius 3 is 2.33 bits per heavy atom. The van der Waals surface area contributed by atoms with Crippen LogP contribution in [0, 0.1) is 0 Å². The van der Waals surface area contributed by atoms with Gasteiger partial charge in [-0.15, -0.1) is 0 Å². The fraction of sp³-hybridized carbons (Fsp3) is 0.500. The molecule has 0 unspecified atom stereocenters. The number of nitrogens with one attached hydrogen (secondary N) is 2. The highest BCUT2D eigenvalue weighted by Crippen LogP contribution is 2.42. The minimum Gasteiger partial charge on any atom is -0.323 e. The molecule has 1 aromatic carbocycles. The van der Waals surface area contributed by atoms with E-state index in [2.05, 4.69) is 39.8 Å². The van der Waals surface area contributed by atoms with Crippen molar-refractivity contribution in [2.45, 2.75) is 49.9 Å². The van der Waals surface area contributed by atoms with Crippen molar-refractivity contribution in [3.63, 3.8) is 0 Å². The van der Waals surface area contributed by atoms with E-state index in [9.17, 15) is 9.59 Å². The zero-order valence-electron chi connectivity index (χ0n) is 11.8. The third kappa shape index (κ3) is 2.03. The second-order valence-electron chi connectivity index (χ2n) is 6.44. The Bertz CT molecular complexity index is 572. The molecule has 0 saturated carbocycles. The molecule has 2 bridgehead atoms. The fourth-order valence-corrected chi connectivity index (χ4v) is 4.21. The van der Waals surface area contributed by atoms with Crippen LogP contribution in [-0.4, -0.2) is 34.5 Å². The van der Waals surface area contributed by atoms with E-state index in [1.807, 2.05) is 6.07 Å². The summed E-state index contributed by atoms with van der Waals surface area (Å²) in [5.41, 5.74) is 0.654. The van der Waals surface area contributed by atoms with Crippen LogP contribution < -0.4 is 10.6 Å². The summed E-state index contributed by atoms with van der Waals surface area (Å²) in [6.45, 7) is 0.932. The predicted octanol–water partition coefficient (Wildman–Crippen LogP) is 1.39. The number of hydrogen-bond donors (Lipinski definition) is 2. The standard InChI is InChI=1S/C16H19N3O2/c20-14-16(18-15(21)17-14)8-12-6-7-13(9-16)19(12)10-11-4-2-1-3-5-11/h1-5,12-13H,6-10H2,(H2,17,18,20,21)/t12-,13-/m0/s1. The van der Waals surface area contributed by atoms with Gasteiger partial charge in [0.25, 0.3) is 5.91 Å². The van der Waals surface area contributed by atoms with Crippen molar-refractivity contribution < 1.29 is 9.59 Å². The van der Waals surface area contributed by atoms with Gasteiger partial charge in [-0.1, -0.05) is 30.3 Å². The lowest BCUT2D eigenvalue weighted by Gasteiger charge is -2.43. The molecule has 3 aliphatic heterocycles. The minimum absolute atomic E-state index is 0.135. The number of imide groups is 1. The molecule has 4 rings (SSSR count). The molecule has 3 saturated heterocycles. The van der Waals surface area contributed by atoms with Crippen LogP contribution in [0.2, 0.25) is 0 Å². The van der Waals surface area contributed by atoms with E-state index in [4.69, 9.17) is 0 Å². The molecule has 2 atom stereocenters. The number of nitrogens with zero attached hydrogens (tertiary/aromatic N) is 1. The normalized spacial score (nSPS) is 35.0. The Morgan fingerprint density at radius 1 is 1.10 bits per heavy atom. The Morgan fingerprint density at radius 2 is 1.76 bits per heavy atom. The first-order valence-corrected chi connectivity index (χ1v) is 7.60. The average Bonchev–Trinajstić information content (AvgIpc) is 2.86. The highest BCUT2D eigenvalue weighted by atomic mass is 16.2. The molecule has 3 heterocycles. The lowest BCUT2D eigenvalue weighted by Crippen LogP contribution is -2.58. The largest absolute Gasteiger partial charge is 0.323 e. The van der Waals surface area contributed by atoms with Gasteiger partial charge < -0.3 is 5.32 Å². The van der Waals surface area contributed by atoms with E-state index < -0.39 is 5.54 Å². The molecule has 0 radical (unpaired) electrons. The van der Waals surface area contributed by atoms with Gasteiger partial charge >= 0.3 is 6.03 Å². The van der Waals surface area contributed by atoms with Crippen LogP contribution in [0.4, 0.5) is 4.79 Å². The SMILES string of the molecule is O=C1NC(=O)C2(C[C@@H]3CC[C@@H](C2)N3Cc2ccccc2)N1. The molecule has 3 fully saturated rings. The molecule has 5 nitrogen and oxygen atoms in total. The summed E-state index contributed by atoms with van der Waals surface area (Å²) < 4.78 is 0. The first-order chi connectivity index (χ1) is 10.2. The van der Waals surface area contributed by atoms with Gasteiger partial charge in [0.15, 0.2) is 0 Å². The smallest absolute Gasteiger partial charge is 0.322 e. The first kappa shape index (κ1) is 12.8. The Kier molecular flexibility index (Phi) is 2.79. The van der Waals surface area contributed by atoms with Crippen molar-refractivity contribution in [2.24, 2.45) is 0 Å². The molecular formula is C16H19N3O2. The highest BCUT2D eigenvalue weighted by Gasteiger charge is 2.55. The van der Waals surface area contributed by atoms with E-state index in [1.165, 1.54) is 5.56 Å². The van der Waals surface area contributed by atoms with Gasteiger partial charge in [0, 0.05) is 18.6 Å². The van der Waals surface area contributed by atoms with Crippen molar-refractivity contribution in [1.82, 2.24) is 15.5 Å². The molecule has 21 heavy (non-hydrogen) atoms. The van der Waals surface area contributed by atoms with Crippen LogP contribution in [0.5, 0.6) is 0 Å². The van der Waals surface area contributed by atoms with Gasteiger partial charge in [-0.05, 0) is 31.2 Å². The maximum absolute atomic E-state index is 12.1. The van der Waals surface area contributed by atoms with E-state index in [0.29, 0.717) is 12.1 Å². The summed E-state index contributed by atoms with van der Waals surface area (Å²) in [6, 6.07) is 10.9. The Balaban J connectivity index is 1.54. The molecule has 3 amide bonds. The van der Waals surface area contributed by atoms with Crippen LogP contribution in [0.3, 0.4) is 0 Å². The summed E-state index contributed by atoms with van der Waals surface area (Å²) in [5.74, 6) is -0.135. The third-order valence-electron chi connectivity index (χ3n) is 5.16. The number of rotatable bonds is 2. The predicted molar refractivity (Wildman–Crippen MR) is 77.4 cm³/mol. The van der Waals surface area contributed by atoms with Gasteiger partial charge in [0.05, 0.1) is 0 Å². The topological polar surface area (TPSA) is 61.4 Å². The maximum atomic E-state index is 12.1. The van der Waals surface area contributed by atoms with Crippen molar-refractivity contribution >= 4 is 11.9 Å². The lowest BCUT2D eigenvalue weighted by molar-refractivity contribution is -0.126. The second-order valence-corrected chi connectivity index (χ2v) is 6.44. The third-order valence-corrected chi connectivity index (χ3v) is 5.16. The average molecular weight is 285 g/mol. The number of carbonyl (C=O) groups is 2. The van der Waals surface area contributed by atoms with E-state index in [-0.39, 0.29) is 11.9 Å². The molecule has 110 valence electrons. The first-order valence-electron chi connectivity index (χ1n) is 7.60.